The number of amides is 2. The van der Waals surface area contributed by atoms with E-state index in [1.54, 1.807) is 0 Å². The third-order valence-electron chi connectivity index (χ3n) is 4.33. The zero-order valence-corrected chi connectivity index (χ0v) is 17.4. The Morgan fingerprint density at radius 3 is 2.56 bits per heavy atom. The van der Waals surface area contributed by atoms with Gasteiger partial charge in [-0.1, -0.05) is 69.2 Å². The van der Waals surface area contributed by atoms with Crippen LogP contribution >= 0.6 is 11.3 Å². The molecule has 2 rings (SSSR count). The molecule has 0 spiro atoms. The van der Waals surface area contributed by atoms with Crippen LogP contribution in [0.15, 0.2) is 24.3 Å². The van der Waals surface area contributed by atoms with Crippen LogP contribution < -0.4 is 10.6 Å². The zero-order valence-electron chi connectivity index (χ0n) is 16.6. The van der Waals surface area contributed by atoms with E-state index >= 15 is 0 Å². The number of benzene rings is 1. The van der Waals surface area contributed by atoms with Gasteiger partial charge in [0.2, 0.25) is 16.9 Å². The Labute approximate surface area is 164 Å². The largest absolute Gasteiger partial charge is 0.344 e. The quantitative estimate of drug-likeness (QED) is 0.715. The van der Waals surface area contributed by atoms with E-state index in [1.165, 1.54) is 11.3 Å². The van der Waals surface area contributed by atoms with Crippen LogP contribution in [0.4, 0.5) is 5.13 Å². The van der Waals surface area contributed by atoms with Crippen molar-refractivity contribution >= 4 is 28.3 Å². The van der Waals surface area contributed by atoms with Gasteiger partial charge in [0.15, 0.2) is 0 Å². The van der Waals surface area contributed by atoms with Gasteiger partial charge in [-0.05, 0) is 24.8 Å². The standard InChI is InChI=1S/C20H28N4O2S/c1-6-14(5)17(21-16(25)10-12(2)3)18(26)22-20-24-23-19(27-20)15-9-7-8-13(4)11-15/h7-9,11-12,14,17H,6,10H2,1-5H3,(H,21,25)(H,22,24,26)/t14-,17-/m1/s1. The summed E-state index contributed by atoms with van der Waals surface area (Å²) >= 11 is 1.32. The number of nitrogens with one attached hydrogen (secondary N) is 2. The van der Waals surface area contributed by atoms with Crippen molar-refractivity contribution in [3.8, 4) is 10.6 Å². The summed E-state index contributed by atoms with van der Waals surface area (Å²) in [6.07, 6.45) is 1.18. The molecular weight excluding hydrogens is 360 g/mol. The molecule has 7 heteroatoms. The monoisotopic (exact) mass is 388 g/mol. The van der Waals surface area contributed by atoms with Crippen molar-refractivity contribution in [1.82, 2.24) is 15.5 Å². The fourth-order valence-electron chi connectivity index (χ4n) is 2.66. The van der Waals surface area contributed by atoms with Crippen molar-refractivity contribution in [1.29, 1.82) is 0 Å². The maximum atomic E-state index is 12.7. The van der Waals surface area contributed by atoms with Gasteiger partial charge < -0.3 is 5.32 Å². The molecule has 0 unspecified atom stereocenters. The number of hydrogen-bond donors (Lipinski definition) is 2. The Kier molecular flexibility index (Phi) is 7.47. The summed E-state index contributed by atoms with van der Waals surface area (Å²) in [4.78, 5) is 24.9. The first-order chi connectivity index (χ1) is 12.8. The molecule has 2 amide bonds. The summed E-state index contributed by atoms with van der Waals surface area (Å²) in [6.45, 7) is 9.93. The van der Waals surface area contributed by atoms with Gasteiger partial charge >= 0.3 is 0 Å². The lowest BCUT2D eigenvalue weighted by Crippen LogP contribution is -2.47. The van der Waals surface area contributed by atoms with Gasteiger partial charge in [0.1, 0.15) is 11.0 Å². The van der Waals surface area contributed by atoms with Crippen LogP contribution in [0.3, 0.4) is 0 Å². The zero-order chi connectivity index (χ0) is 20.0. The summed E-state index contributed by atoms with van der Waals surface area (Å²) in [5.41, 5.74) is 2.11. The van der Waals surface area contributed by atoms with E-state index in [0.717, 1.165) is 22.6 Å². The van der Waals surface area contributed by atoms with E-state index in [0.29, 0.717) is 11.6 Å². The number of hydrogen-bond acceptors (Lipinski definition) is 5. The molecule has 0 radical (unpaired) electrons. The van der Waals surface area contributed by atoms with Gasteiger partial charge in [-0.15, -0.1) is 10.2 Å². The average Bonchev–Trinajstić information content (AvgIpc) is 3.06. The average molecular weight is 389 g/mol. The Morgan fingerprint density at radius 2 is 1.93 bits per heavy atom. The first kappa shape index (κ1) is 21.0. The van der Waals surface area contributed by atoms with Crippen molar-refractivity contribution in [2.45, 2.75) is 53.5 Å². The number of carbonyl (C=O) groups is 2. The fourth-order valence-corrected chi connectivity index (χ4v) is 3.40. The Balaban J connectivity index is 2.09. The summed E-state index contributed by atoms with van der Waals surface area (Å²) in [7, 11) is 0. The molecule has 2 atom stereocenters. The smallest absolute Gasteiger partial charge is 0.249 e. The summed E-state index contributed by atoms with van der Waals surface area (Å²) in [5, 5.41) is 15.1. The van der Waals surface area contributed by atoms with E-state index in [-0.39, 0.29) is 23.7 Å². The predicted molar refractivity (Wildman–Crippen MR) is 110 cm³/mol. The number of anilines is 1. The van der Waals surface area contributed by atoms with E-state index in [4.69, 9.17) is 0 Å². The van der Waals surface area contributed by atoms with Gasteiger partial charge in [0, 0.05) is 12.0 Å². The fraction of sp³-hybridized carbons (Fsp3) is 0.500. The highest BCUT2D eigenvalue weighted by atomic mass is 32.1. The molecular formula is C20H28N4O2S. The second kappa shape index (κ2) is 9.60. The molecule has 0 aliphatic rings. The van der Waals surface area contributed by atoms with Gasteiger partial charge in [-0.3, -0.25) is 14.9 Å². The minimum absolute atomic E-state index is 0.0188. The maximum Gasteiger partial charge on any atom is 0.249 e. The SMILES string of the molecule is CC[C@@H](C)[C@@H](NC(=O)CC(C)C)C(=O)Nc1nnc(-c2cccc(C)c2)s1. The van der Waals surface area contributed by atoms with Crippen molar-refractivity contribution in [3.05, 3.63) is 29.8 Å². The lowest BCUT2D eigenvalue weighted by Gasteiger charge is -2.23. The first-order valence-corrected chi connectivity index (χ1v) is 10.1. The number of rotatable bonds is 8. The highest BCUT2D eigenvalue weighted by Crippen LogP contribution is 2.27. The predicted octanol–water partition coefficient (Wildman–Crippen LogP) is 4.03. The molecule has 146 valence electrons. The second-order valence-corrected chi connectivity index (χ2v) is 8.28. The van der Waals surface area contributed by atoms with Gasteiger partial charge in [0.25, 0.3) is 0 Å². The topological polar surface area (TPSA) is 84.0 Å². The molecule has 2 aromatic rings. The molecule has 2 N–H and O–H groups in total. The molecule has 1 aromatic heterocycles. The lowest BCUT2D eigenvalue weighted by atomic mass is 9.97. The molecule has 0 saturated carbocycles. The summed E-state index contributed by atoms with van der Waals surface area (Å²) in [5.74, 6) is -0.104. The van der Waals surface area contributed by atoms with Gasteiger partial charge in [0.05, 0.1) is 0 Å². The Morgan fingerprint density at radius 1 is 1.19 bits per heavy atom. The van der Waals surface area contributed by atoms with E-state index in [1.807, 2.05) is 58.9 Å². The van der Waals surface area contributed by atoms with Gasteiger partial charge in [-0.2, -0.15) is 0 Å². The Hall–Kier alpha value is -2.28. The van der Waals surface area contributed by atoms with Crippen molar-refractivity contribution in [2.75, 3.05) is 5.32 Å². The molecule has 1 heterocycles. The van der Waals surface area contributed by atoms with Crippen LogP contribution in [0.1, 0.15) is 46.1 Å². The number of nitrogens with zero attached hydrogens (tertiary/aromatic N) is 2. The molecule has 0 saturated heterocycles. The molecule has 27 heavy (non-hydrogen) atoms. The minimum atomic E-state index is -0.590. The van der Waals surface area contributed by atoms with Crippen LogP contribution in [0.2, 0.25) is 0 Å². The number of carbonyl (C=O) groups excluding carboxylic acids is 2. The second-order valence-electron chi connectivity index (χ2n) is 7.30. The van der Waals surface area contributed by atoms with Crippen LogP contribution in [0.25, 0.3) is 10.6 Å². The third kappa shape index (κ3) is 6.13. The molecule has 1 aromatic carbocycles. The van der Waals surface area contributed by atoms with Crippen molar-refractivity contribution in [3.63, 3.8) is 0 Å². The molecule has 0 bridgehead atoms. The maximum absolute atomic E-state index is 12.7. The molecule has 6 nitrogen and oxygen atoms in total. The van der Waals surface area contributed by atoms with Gasteiger partial charge in [-0.25, -0.2) is 0 Å². The van der Waals surface area contributed by atoms with E-state index < -0.39 is 6.04 Å². The number of aryl methyl sites for hydroxylation is 1. The van der Waals surface area contributed by atoms with Crippen LogP contribution in [-0.2, 0) is 9.59 Å². The minimum Gasteiger partial charge on any atom is -0.344 e. The van der Waals surface area contributed by atoms with Crippen LogP contribution in [-0.4, -0.2) is 28.1 Å². The van der Waals surface area contributed by atoms with E-state index in [9.17, 15) is 9.59 Å². The summed E-state index contributed by atoms with van der Waals surface area (Å²) in [6, 6.07) is 7.39. The summed E-state index contributed by atoms with van der Waals surface area (Å²) < 4.78 is 0. The highest BCUT2D eigenvalue weighted by molar-refractivity contribution is 7.18. The van der Waals surface area contributed by atoms with Crippen molar-refractivity contribution in [2.24, 2.45) is 11.8 Å². The normalized spacial score (nSPS) is 13.3. The molecule has 0 aliphatic heterocycles. The van der Waals surface area contributed by atoms with Crippen LogP contribution in [0.5, 0.6) is 0 Å². The van der Waals surface area contributed by atoms with E-state index in [2.05, 4.69) is 20.8 Å². The van der Waals surface area contributed by atoms with Crippen LogP contribution in [0, 0.1) is 18.8 Å². The third-order valence-corrected chi connectivity index (χ3v) is 5.21. The number of aromatic nitrogens is 2. The first-order valence-electron chi connectivity index (χ1n) is 9.30. The van der Waals surface area contributed by atoms with Crippen molar-refractivity contribution < 1.29 is 9.59 Å². The Bertz CT molecular complexity index is 788. The highest BCUT2D eigenvalue weighted by Gasteiger charge is 2.27. The molecule has 0 fully saturated rings. The molecule has 0 aliphatic carbocycles. The lowest BCUT2D eigenvalue weighted by molar-refractivity contribution is -0.128.